The number of carbonyl (C=O) groups excluding carboxylic acids is 2. The third kappa shape index (κ3) is 1.80. The molecule has 15 heavy (non-hydrogen) atoms. The SMILES string of the molecule is CCOc1cscc1C1OC(=O)NC1=O. The molecule has 0 saturated carbocycles. The van der Waals surface area contributed by atoms with Crippen molar-refractivity contribution in [2.75, 3.05) is 6.61 Å². The molecule has 0 aliphatic carbocycles. The Morgan fingerprint density at radius 1 is 1.53 bits per heavy atom. The van der Waals surface area contributed by atoms with Crippen molar-refractivity contribution < 1.29 is 19.1 Å². The molecule has 1 N–H and O–H groups in total. The van der Waals surface area contributed by atoms with Gasteiger partial charge in [-0.3, -0.25) is 10.1 Å². The minimum Gasteiger partial charge on any atom is -0.493 e. The second-order valence-electron chi connectivity index (χ2n) is 2.90. The molecule has 1 aliphatic rings. The molecule has 2 heterocycles. The molecule has 5 nitrogen and oxygen atoms in total. The van der Waals surface area contributed by atoms with Crippen molar-refractivity contribution in [1.29, 1.82) is 0 Å². The lowest BCUT2D eigenvalue weighted by atomic mass is 10.2. The molecule has 6 heteroatoms. The lowest BCUT2D eigenvalue weighted by Gasteiger charge is -2.07. The fraction of sp³-hybridized carbons (Fsp3) is 0.333. The largest absolute Gasteiger partial charge is 0.493 e. The Bertz CT molecular complexity index is 401. The van der Waals surface area contributed by atoms with Crippen LogP contribution in [-0.4, -0.2) is 18.6 Å². The predicted octanol–water partition coefficient (Wildman–Crippen LogP) is 1.45. The number of alkyl carbamates (subject to hydrolysis) is 1. The van der Waals surface area contributed by atoms with Gasteiger partial charge in [0.2, 0.25) is 6.10 Å². The van der Waals surface area contributed by atoms with Crippen LogP contribution in [0.25, 0.3) is 0 Å². The van der Waals surface area contributed by atoms with E-state index in [9.17, 15) is 9.59 Å². The van der Waals surface area contributed by atoms with Crippen LogP contribution in [0, 0.1) is 0 Å². The monoisotopic (exact) mass is 227 g/mol. The molecule has 1 saturated heterocycles. The fourth-order valence-corrected chi connectivity index (χ4v) is 2.10. The van der Waals surface area contributed by atoms with Gasteiger partial charge in [-0.1, -0.05) is 0 Å². The van der Waals surface area contributed by atoms with E-state index in [2.05, 4.69) is 5.32 Å². The van der Waals surface area contributed by atoms with Crippen LogP contribution in [0.1, 0.15) is 18.6 Å². The Balaban J connectivity index is 2.25. The summed E-state index contributed by atoms with van der Waals surface area (Å²) in [6.07, 6.45) is -1.58. The van der Waals surface area contributed by atoms with E-state index in [1.807, 2.05) is 6.92 Å². The Hall–Kier alpha value is -1.56. The van der Waals surface area contributed by atoms with E-state index in [1.54, 1.807) is 10.8 Å². The Kier molecular flexibility index (Phi) is 2.59. The zero-order valence-corrected chi connectivity index (χ0v) is 8.80. The second-order valence-corrected chi connectivity index (χ2v) is 3.64. The van der Waals surface area contributed by atoms with Gasteiger partial charge in [0.15, 0.2) is 0 Å². The number of nitrogens with one attached hydrogen (secondary N) is 1. The van der Waals surface area contributed by atoms with E-state index >= 15 is 0 Å². The molecule has 0 bridgehead atoms. The summed E-state index contributed by atoms with van der Waals surface area (Å²) < 4.78 is 10.1. The number of ether oxygens (including phenoxy) is 2. The molecule has 1 aliphatic heterocycles. The molecule has 80 valence electrons. The first-order valence-electron chi connectivity index (χ1n) is 4.42. The molecule has 2 amide bonds. The van der Waals surface area contributed by atoms with Crippen LogP contribution in [0.3, 0.4) is 0 Å². The van der Waals surface area contributed by atoms with Gasteiger partial charge < -0.3 is 9.47 Å². The molecule has 1 unspecified atom stereocenters. The highest BCUT2D eigenvalue weighted by molar-refractivity contribution is 7.08. The smallest absolute Gasteiger partial charge is 0.415 e. The quantitative estimate of drug-likeness (QED) is 0.848. The zero-order chi connectivity index (χ0) is 10.8. The van der Waals surface area contributed by atoms with Crippen LogP contribution in [0.5, 0.6) is 5.75 Å². The van der Waals surface area contributed by atoms with Crippen LogP contribution < -0.4 is 10.1 Å². The molecule has 1 aromatic rings. The number of hydrogen-bond donors (Lipinski definition) is 1. The summed E-state index contributed by atoms with van der Waals surface area (Å²) in [5.74, 6) is 0.150. The summed E-state index contributed by atoms with van der Waals surface area (Å²) in [5, 5.41) is 5.59. The first-order chi connectivity index (χ1) is 7.22. The standard InChI is InChI=1S/C9H9NO4S/c1-2-13-6-4-15-3-5(6)7-8(11)10-9(12)14-7/h3-4,7H,2H2,1H3,(H,10,11,12). The maximum absolute atomic E-state index is 11.3. The molecule has 0 radical (unpaired) electrons. The van der Waals surface area contributed by atoms with Crippen LogP contribution >= 0.6 is 11.3 Å². The van der Waals surface area contributed by atoms with E-state index in [1.165, 1.54) is 11.3 Å². The average Bonchev–Trinajstić information content (AvgIpc) is 2.73. The van der Waals surface area contributed by atoms with Gasteiger partial charge in [0.1, 0.15) is 5.75 Å². The molecule has 1 atom stereocenters. The highest BCUT2D eigenvalue weighted by atomic mass is 32.1. The Morgan fingerprint density at radius 3 is 2.93 bits per heavy atom. The van der Waals surface area contributed by atoms with Gasteiger partial charge in [0.05, 0.1) is 12.2 Å². The maximum Gasteiger partial charge on any atom is 0.415 e. The van der Waals surface area contributed by atoms with Crippen molar-refractivity contribution in [2.24, 2.45) is 0 Å². The fourth-order valence-electron chi connectivity index (χ4n) is 1.32. The molecule has 0 spiro atoms. The number of thiophene rings is 1. The second kappa shape index (κ2) is 3.90. The summed E-state index contributed by atoms with van der Waals surface area (Å²) in [6, 6.07) is 0. The summed E-state index contributed by atoms with van der Waals surface area (Å²) in [5.41, 5.74) is 0.602. The summed E-state index contributed by atoms with van der Waals surface area (Å²) in [6.45, 7) is 2.36. The van der Waals surface area contributed by atoms with Crippen molar-refractivity contribution in [3.05, 3.63) is 16.3 Å². The van der Waals surface area contributed by atoms with Crippen molar-refractivity contribution >= 4 is 23.3 Å². The summed E-state index contributed by atoms with van der Waals surface area (Å²) >= 11 is 1.40. The highest BCUT2D eigenvalue weighted by Crippen LogP contribution is 2.33. The zero-order valence-electron chi connectivity index (χ0n) is 7.98. The number of carbonyl (C=O) groups is 2. The third-order valence-corrected chi connectivity index (χ3v) is 2.67. The summed E-state index contributed by atoms with van der Waals surface area (Å²) in [4.78, 5) is 22.2. The van der Waals surface area contributed by atoms with Crippen molar-refractivity contribution in [1.82, 2.24) is 5.32 Å². The van der Waals surface area contributed by atoms with Gasteiger partial charge in [-0.15, -0.1) is 11.3 Å². The first kappa shape index (κ1) is 9.97. The summed E-state index contributed by atoms with van der Waals surface area (Å²) in [7, 11) is 0. The molecular weight excluding hydrogens is 218 g/mol. The highest BCUT2D eigenvalue weighted by Gasteiger charge is 2.35. The van der Waals surface area contributed by atoms with Gasteiger partial charge in [0, 0.05) is 10.8 Å². The van der Waals surface area contributed by atoms with Gasteiger partial charge >= 0.3 is 6.09 Å². The van der Waals surface area contributed by atoms with Gasteiger partial charge in [-0.05, 0) is 6.92 Å². The average molecular weight is 227 g/mol. The van der Waals surface area contributed by atoms with E-state index in [4.69, 9.17) is 9.47 Å². The number of rotatable bonds is 3. The van der Waals surface area contributed by atoms with Gasteiger partial charge in [0.25, 0.3) is 5.91 Å². The third-order valence-electron chi connectivity index (χ3n) is 1.93. The first-order valence-corrected chi connectivity index (χ1v) is 5.37. The topological polar surface area (TPSA) is 64.6 Å². The normalized spacial score (nSPS) is 19.9. The number of cyclic esters (lactones) is 1. The van der Waals surface area contributed by atoms with Crippen LogP contribution in [-0.2, 0) is 9.53 Å². The number of hydrogen-bond acceptors (Lipinski definition) is 5. The van der Waals surface area contributed by atoms with Crippen LogP contribution in [0.4, 0.5) is 4.79 Å². The molecule has 1 fully saturated rings. The number of imide groups is 1. The molecule has 0 aromatic carbocycles. The molecular formula is C9H9NO4S. The van der Waals surface area contributed by atoms with Crippen molar-refractivity contribution in [3.8, 4) is 5.75 Å². The lowest BCUT2D eigenvalue weighted by molar-refractivity contribution is -0.123. The molecule has 2 rings (SSSR count). The van der Waals surface area contributed by atoms with Gasteiger partial charge in [-0.2, -0.15) is 0 Å². The van der Waals surface area contributed by atoms with Crippen molar-refractivity contribution in [2.45, 2.75) is 13.0 Å². The van der Waals surface area contributed by atoms with E-state index in [-0.39, 0.29) is 0 Å². The Labute approximate surface area is 90.0 Å². The van der Waals surface area contributed by atoms with Crippen molar-refractivity contribution in [3.63, 3.8) is 0 Å². The lowest BCUT2D eigenvalue weighted by Crippen LogP contribution is -2.20. The minimum absolute atomic E-state index is 0.445. The van der Waals surface area contributed by atoms with Gasteiger partial charge in [-0.25, -0.2) is 4.79 Å². The Morgan fingerprint density at radius 2 is 2.33 bits per heavy atom. The van der Waals surface area contributed by atoms with E-state index < -0.39 is 18.1 Å². The maximum atomic E-state index is 11.3. The molecule has 1 aromatic heterocycles. The number of amides is 2. The predicted molar refractivity (Wildman–Crippen MR) is 52.9 cm³/mol. The van der Waals surface area contributed by atoms with Crippen LogP contribution in [0.2, 0.25) is 0 Å². The van der Waals surface area contributed by atoms with E-state index in [0.29, 0.717) is 17.9 Å². The van der Waals surface area contributed by atoms with Crippen LogP contribution in [0.15, 0.2) is 10.8 Å². The minimum atomic E-state index is -0.870. The van der Waals surface area contributed by atoms with E-state index in [0.717, 1.165) is 0 Å².